The summed E-state index contributed by atoms with van der Waals surface area (Å²) in [7, 11) is 0. The molecular weight excluding hydrogens is 194 g/mol. The fourth-order valence-corrected chi connectivity index (χ4v) is 2.66. The fraction of sp³-hybridized carbons (Fsp3) is 0.600. The van der Waals surface area contributed by atoms with Crippen LogP contribution in [0.5, 0.6) is 0 Å². The minimum Gasteiger partial charge on any atom is -0.316 e. The van der Waals surface area contributed by atoms with Crippen LogP contribution in [0.4, 0.5) is 0 Å². The van der Waals surface area contributed by atoms with E-state index >= 15 is 0 Å². The maximum atomic E-state index is 3.50. The predicted molar refractivity (Wildman–Crippen MR) is 69.8 cm³/mol. The van der Waals surface area contributed by atoms with Crippen LogP contribution >= 0.6 is 0 Å². The van der Waals surface area contributed by atoms with E-state index in [4.69, 9.17) is 0 Å². The second kappa shape index (κ2) is 5.49. The Morgan fingerprint density at radius 1 is 1.25 bits per heavy atom. The maximum absolute atomic E-state index is 3.50. The molecule has 1 fully saturated rings. The molecule has 1 heteroatoms. The molecule has 2 atom stereocenters. The Morgan fingerprint density at radius 2 is 2.00 bits per heavy atom. The summed E-state index contributed by atoms with van der Waals surface area (Å²) in [5.74, 6) is 1.53. The van der Waals surface area contributed by atoms with Crippen molar-refractivity contribution in [1.29, 1.82) is 0 Å². The monoisotopic (exact) mass is 217 g/mol. The van der Waals surface area contributed by atoms with Crippen molar-refractivity contribution in [2.45, 2.75) is 39.0 Å². The lowest BCUT2D eigenvalue weighted by molar-refractivity contribution is 0.348. The fourth-order valence-electron chi connectivity index (χ4n) is 2.66. The topological polar surface area (TPSA) is 12.0 Å². The summed E-state index contributed by atoms with van der Waals surface area (Å²) in [6.07, 6.45) is 3.75. The van der Waals surface area contributed by atoms with Crippen molar-refractivity contribution in [3.8, 4) is 0 Å². The van der Waals surface area contributed by atoms with E-state index in [0.717, 1.165) is 12.5 Å². The molecule has 0 saturated carbocycles. The highest BCUT2D eigenvalue weighted by atomic mass is 14.9. The molecule has 1 N–H and O–H groups in total. The predicted octanol–water partition coefficient (Wildman–Crippen LogP) is 3.35. The first-order valence-corrected chi connectivity index (χ1v) is 6.60. The zero-order chi connectivity index (χ0) is 11.4. The Balaban J connectivity index is 2.08. The number of piperidine rings is 1. The maximum Gasteiger partial charge on any atom is 0.00227 e. The van der Waals surface area contributed by atoms with Gasteiger partial charge < -0.3 is 5.32 Å². The summed E-state index contributed by atoms with van der Waals surface area (Å²) >= 11 is 0. The van der Waals surface area contributed by atoms with E-state index in [9.17, 15) is 0 Å². The summed E-state index contributed by atoms with van der Waals surface area (Å²) in [6.45, 7) is 6.95. The highest BCUT2D eigenvalue weighted by Gasteiger charge is 2.22. The lowest BCUT2D eigenvalue weighted by atomic mass is 9.82. The molecule has 1 aliphatic heterocycles. The van der Waals surface area contributed by atoms with Gasteiger partial charge in [-0.15, -0.1) is 0 Å². The SMILES string of the molecule is CCCc1ccc(C2CNCCC2C)cc1. The van der Waals surface area contributed by atoms with Crippen LogP contribution in [0.3, 0.4) is 0 Å². The quantitative estimate of drug-likeness (QED) is 0.818. The molecule has 1 aliphatic rings. The third-order valence-corrected chi connectivity index (χ3v) is 3.77. The normalized spacial score (nSPS) is 25.6. The van der Waals surface area contributed by atoms with Gasteiger partial charge >= 0.3 is 0 Å². The van der Waals surface area contributed by atoms with E-state index in [1.54, 1.807) is 0 Å². The van der Waals surface area contributed by atoms with Crippen LogP contribution in [0.2, 0.25) is 0 Å². The Bertz CT molecular complexity index is 315. The third kappa shape index (κ3) is 2.65. The van der Waals surface area contributed by atoms with E-state index in [-0.39, 0.29) is 0 Å². The summed E-state index contributed by atoms with van der Waals surface area (Å²) in [4.78, 5) is 0. The molecule has 0 aliphatic carbocycles. The molecule has 1 aromatic rings. The molecule has 2 unspecified atom stereocenters. The Labute approximate surface area is 99.3 Å². The number of aryl methyl sites for hydroxylation is 1. The number of rotatable bonds is 3. The summed E-state index contributed by atoms with van der Waals surface area (Å²) < 4.78 is 0. The van der Waals surface area contributed by atoms with Crippen molar-refractivity contribution in [2.75, 3.05) is 13.1 Å². The van der Waals surface area contributed by atoms with Crippen LogP contribution in [0.25, 0.3) is 0 Å². The molecule has 1 heterocycles. The van der Waals surface area contributed by atoms with Gasteiger partial charge in [0.05, 0.1) is 0 Å². The molecule has 0 bridgehead atoms. The molecule has 0 aromatic heterocycles. The van der Waals surface area contributed by atoms with Crippen molar-refractivity contribution in [3.05, 3.63) is 35.4 Å². The Kier molecular flexibility index (Phi) is 4.00. The van der Waals surface area contributed by atoms with Gasteiger partial charge in [0.25, 0.3) is 0 Å². The second-order valence-electron chi connectivity index (χ2n) is 5.07. The van der Waals surface area contributed by atoms with Gasteiger partial charge in [-0.05, 0) is 42.3 Å². The molecule has 1 nitrogen and oxygen atoms in total. The summed E-state index contributed by atoms with van der Waals surface area (Å²) in [5.41, 5.74) is 2.99. The minimum absolute atomic E-state index is 0.712. The van der Waals surface area contributed by atoms with Gasteiger partial charge in [0.2, 0.25) is 0 Å². The molecule has 0 spiro atoms. The first kappa shape index (κ1) is 11.7. The largest absolute Gasteiger partial charge is 0.316 e. The van der Waals surface area contributed by atoms with E-state index in [1.807, 2.05) is 0 Å². The van der Waals surface area contributed by atoms with Crippen molar-refractivity contribution in [1.82, 2.24) is 5.32 Å². The van der Waals surface area contributed by atoms with Crippen LogP contribution in [-0.4, -0.2) is 13.1 Å². The standard InChI is InChI=1S/C15H23N/c1-3-4-13-5-7-14(8-6-13)15-11-16-10-9-12(15)2/h5-8,12,15-16H,3-4,9-11H2,1-2H3. The molecular formula is C15H23N. The first-order valence-electron chi connectivity index (χ1n) is 6.60. The van der Waals surface area contributed by atoms with Crippen molar-refractivity contribution in [3.63, 3.8) is 0 Å². The van der Waals surface area contributed by atoms with E-state index < -0.39 is 0 Å². The van der Waals surface area contributed by atoms with Crippen LogP contribution < -0.4 is 5.32 Å². The van der Waals surface area contributed by atoms with Crippen molar-refractivity contribution in [2.24, 2.45) is 5.92 Å². The first-order chi connectivity index (χ1) is 7.81. The second-order valence-corrected chi connectivity index (χ2v) is 5.07. The molecule has 0 radical (unpaired) electrons. The highest BCUT2D eigenvalue weighted by Crippen LogP contribution is 2.28. The third-order valence-electron chi connectivity index (χ3n) is 3.77. The summed E-state index contributed by atoms with van der Waals surface area (Å²) in [6, 6.07) is 9.28. The number of benzene rings is 1. The molecule has 1 aromatic carbocycles. The van der Waals surface area contributed by atoms with Gasteiger partial charge in [0.1, 0.15) is 0 Å². The zero-order valence-electron chi connectivity index (χ0n) is 10.5. The molecule has 0 amide bonds. The minimum atomic E-state index is 0.712. The van der Waals surface area contributed by atoms with Crippen LogP contribution in [-0.2, 0) is 6.42 Å². The lowest BCUT2D eigenvalue weighted by Gasteiger charge is -2.30. The number of hydrogen-bond acceptors (Lipinski definition) is 1. The van der Waals surface area contributed by atoms with E-state index in [2.05, 4.69) is 43.4 Å². The van der Waals surface area contributed by atoms with Gasteiger partial charge in [-0.1, -0.05) is 44.5 Å². The zero-order valence-corrected chi connectivity index (χ0v) is 10.5. The molecule has 2 rings (SSSR count). The van der Waals surface area contributed by atoms with Gasteiger partial charge in [-0.25, -0.2) is 0 Å². The van der Waals surface area contributed by atoms with E-state index in [0.29, 0.717) is 5.92 Å². The average molecular weight is 217 g/mol. The Morgan fingerprint density at radius 3 is 2.62 bits per heavy atom. The Hall–Kier alpha value is -0.820. The average Bonchev–Trinajstić information content (AvgIpc) is 2.31. The van der Waals surface area contributed by atoms with Crippen molar-refractivity contribution >= 4 is 0 Å². The molecule has 88 valence electrons. The van der Waals surface area contributed by atoms with Crippen molar-refractivity contribution < 1.29 is 0 Å². The molecule has 16 heavy (non-hydrogen) atoms. The summed E-state index contributed by atoms with van der Waals surface area (Å²) in [5, 5.41) is 3.50. The van der Waals surface area contributed by atoms with Crippen LogP contribution in [0, 0.1) is 5.92 Å². The number of hydrogen-bond donors (Lipinski definition) is 1. The smallest absolute Gasteiger partial charge is 0.00227 e. The number of nitrogens with one attached hydrogen (secondary N) is 1. The van der Waals surface area contributed by atoms with Gasteiger partial charge in [-0.3, -0.25) is 0 Å². The van der Waals surface area contributed by atoms with Gasteiger partial charge in [0, 0.05) is 6.54 Å². The van der Waals surface area contributed by atoms with Crippen LogP contribution in [0.1, 0.15) is 43.7 Å². The van der Waals surface area contributed by atoms with Gasteiger partial charge in [-0.2, -0.15) is 0 Å². The highest BCUT2D eigenvalue weighted by molar-refractivity contribution is 5.26. The molecule has 1 saturated heterocycles. The van der Waals surface area contributed by atoms with Gasteiger partial charge in [0.15, 0.2) is 0 Å². The lowest BCUT2D eigenvalue weighted by Crippen LogP contribution is -2.33. The van der Waals surface area contributed by atoms with E-state index in [1.165, 1.54) is 36.9 Å². The van der Waals surface area contributed by atoms with Crippen LogP contribution in [0.15, 0.2) is 24.3 Å².